The summed E-state index contributed by atoms with van der Waals surface area (Å²) in [6.07, 6.45) is 7.66. The first-order valence-corrected chi connectivity index (χ1v) is 7.59. The number of hydrogen-bond donors (Lipinski definition) is 1. The van der Waals surface area contributed by atoms with E-state index in [1.807, 2.05) is 23.1 Å². The summed E-state index contributed by atoms with van der Waals surface area (Å²) in [5.41, 5.74) is 2.31. The molecular formula is C17H23N3. The Balaban J connectivity index is 1.78. The Hall–Kier alpha value is -1.77. The Morgan fingerprint density at radius 2 is 1.95 bits per heavy atom. The van der Waals surface area contributed by atoms with Crippen molar-refractivity contribution in [1.29, 1.82) is 0 Å². The Labute approximate surface area is 121 Å². The molecule has 106 valence electrons. The van der Waals surface area contributed by atoms with Gasteiger partial charge in [-0.25, -0.2) is 4.68 Å². The highest BCUT2D eigenvalue weighted by Crippen LogP contribution is 2.32. The minimum atomic E-state index is 0.581. The second-order valence-electron chi connectivity index (χ2n) is 6.08. The van der Waals surface area contributed by atoms with Gasteiger partial charge in [0.1, 0.15) is 0 Å². The molecule has 1 aromatic heterocycles. The smallest absolute Gasteiger partial charge is 0.0876 e. The molecule has 0 spiro atoms. The van der Waals surface area contributed by atoms with Crippen LogP contribution in [-0.4, -0.2) is 15.8 Å². The van der Waals surface area contributed by atoms with Crippen LogP contribution in [0.2, 0.25) is 0 Å². The van der Waals surface area contributed by atoms with Gasteiger partial charge in [0.25, 0.3) is 0 Å². The molecule has 3 heteroatoms. The highest BCUT2D eigenvalue weighted by molar-refractivity contribution is 5.61. The maximum absolute atomic E-state index is 4.34. The predicted molar refractivity (Wildman–Crippen MR) is 83.2 cm³/mol. The SMILES string of the molecule is CC1CCC(Nc2ccccc2-n2cccn2)CC1C. The molecule has 3 unspecified atom stereocenters. The Morgan fingerprint density at radius 1 is 1.10 bits per heavy atom. The van der Waals surface area contributed by atoms with Crippen LogP contribution in [-0.2, 0) is 0 Å². The number of benzene rings is 1. The maximum atomic E-state index is 4.34. The van der Waals surface area contributed by atoms with Gasteiger partial charge in [0.2, 0.25) is 0 Å². The molecule has 1 aliphatic rings. The average Bonchev–Trinajstić information content (AvgIpc) is 2.97. The van der Waals surface area contributed by atoms with Gasteiger partial charge < -0.3 is 5.32 Å². The minimum absolute atomic E-state index is 0.581. The van der Waals surface area contributed by atoms with Crippen molar-refractivity contribution < 1.29 is 0 Å². The number of hydrogen-bond acceptors (Lipinski definition) is 2. The summed E-state index contributed by atoms with van der Waals surface area (Å²) in [6.45, 7) is 4.75. The fraction of sp³-hybridized carbons (Fsp3) is 0.471. The van der Waals surface area contributed by atoms with Crippen molar-refractivity contribution in [3.05, 3.63) is 42.7 Å². The monoisotopic (exact) mass is 269 g/mol. The van der Waals surface area contributed by atoms with Gasteiger partial charge in [0, 0.05) is 18.4 Å². The number of para-hydroxylation sites is 2. The Bertz CT molecular complexity index is 547. The summed E-state index contributed by atoms with van der Waals surface area (Å²) in [6, 6.07) is 11.0. The van der Waals surface area contributed by atoms with E-state index in [-0.39, 0.29) is 0 Å². The molecule has 1 heterocycles. The Morgan fingerprint density at radius 3 is 2.70 bits per heavy atom. The number of nitrogens with zero attached hydrogens (tertiary/aromatic N) is 2. The lowest BCUT2D eigenvalue weighted by molar-refractivity contribution is 0.261. The lowest BCUT2D eigenvalue weighted by atomic mass is 9.79. The molecule has 3 nitrogen and oxygen atoms in total. The summed E-state index contributed by atoms with van der Waals surface area (Å²) in [5, 5.41) is 8.07. The van der Waals surface area contributed by atoms with Crippen LogP contribution in [0.3, 0.4) is 0 Å². The van der Waals surface area contributed by atoms with Gasteiger partial charge in [-0.1, -0.05) is 26.0 Å². The van der Waals surface area contributed by atoms with E-state index < -0.39 is 0 Å². The fourth-order valence-corrected chi connectivity index (χ4v) is 3.11. The van der Waals surface area contributed by atoms with E-state index in [0.717, 1.165) is 17.5 Å². The van der Waals surface area contributed by atoms with E-state index >= 15 is 0 Å². The first-order valence-electron chi connectivity index (χ1n) is 7.59. The molecule has 0 radical (unpaired) electrons. The normalized spacial score (nSPS) is 26.4. The van der Waals surface area contributed by atoms with E-state index in [1.165, 1.54) is 24.9 Å². The largest absolute Gasteiger partial charge is 0.381 e. The summed E-state index contributed by atoms with van der Waals surface area (Å²) in [7, 11) is 0. The lowest BCUT2D eigenvalue weighted by Crippen LogP contribution is -2.30. The molecule has 0 aliphatic heterocycles. The number of rotatable bonds is 3. The van der Waals surface area contributed by atoms with Crippen molar-refractivity contribution in [3.63, 3.8) is 0 Å². The average molecular weight is 269 g/mol. The zero-order valence-electron chi connectivity index (χ0n) is 12.3. The number of nitrogens with one attached hydrogen (secondary N) is 1. The van der Waals surface area contributed by atoms with Crippen LogP contribution in [0.5, 0.6) is 0 Å². The molecular weight excluding hydrogens is 246 g/mol. The number of anilines is 1. The van der Waals surface area contributed by atoms with Gasteiger partial charge in [0.15, 0.2) is 0 Å². The standard InChI is InChI=1S/C17H23N3/c1-13-8-9-15(12-14(13)2)19-16-6-3-4-7-17(16)20-11-5-10-18-20/h3-7,10-11,13-15,19H,8-9,12H2,1-2H3. The van der Waals surface area contributed by atoms with Crippen molar-refractivity contribution >= 4 is 5.69 Å². The van der Waals surface area contributed by atoms with E-state index in [4.69, 9.17) is 0 Å². The second-order valence-corrected chi connectivity index (χ2v) is 6.08. The van der Waals surface area contributed by atoms with Crippen molar-refractivity contribution in [2.45, 2.75) is 39.2 Å². The van der Waals surface area contributed by atoms with E-state index in [1.54, 1.807) is 0 Å². The molecule has 1 aliphatic carbocycles. The van der Waals surface area contributed by atoms with E-state index in [2.05, 4.69) is 48.5 Å². The van der Waals surface area contributed by atoms with Gasteiger partial charge >= 0.3 is 0 Å². The van der Waals surface area contributed by atoms with Gasteiger partial charge in [-0.15, -0.1) is 0 Å². The van der Waals surface area contributed by atoms with Crippen LogP contribution in [0.15, 0.2) is 42.7 Å². The summed E-state index contributed by atoms with van der Waals surface area (Å²) in [4.78, 5) is 0. The van der Waals surface area contributed by atoms with Crippen LogP contribution < -0.4 is 5.32 Å². The molecule has 0 amide bonds. The molecule has 1 N–H and O–H groups in total. The van der Waals surface area contributed by atoms with Crippen molar-refractivity contribution in [2.75, 3.05) is 5.32 Å². The zero-order chi connectivity index (χ0) is 13.9. The summed E-state index contributed by atoms with van der Waals surface area (Å²) in [5.74, 6) is 1.66. The molecule has 3 atom stereocenters. The fourth-order valence-electron chi connectivity index (χ4n) is 3.11. The predicted octanol–water partition coefficient (Wildman–Crippen LogP) is 4.11. The Kier molecular flexibility index (Phi) is 3.77. The van der Waals surface area contributed by atoms with Crippen molar-refractivity contribution in [2.24, 2.45) is 11.8 Å². The van der Waals surface area contributed by atoms with E-state index in [9.17, 15) is 0 Å². The summed E-state index contributed by atoms with van der Waals surface area (Å²) >= 11 is 0. The van der Waals surface area contributed by atoms with E-state index in [0.29, 0.717) is 6.04 Å². The van der Waals surface area contributed by atoms with Gasteiger partial charge in [-0.2, -0.15) is 5.10 Å². The molecule has 1 saturated carbocycles. The third-order valence-electron chi connectivity index (χ3n) is 4.61. The van der Waals surface area contributed by atoms with Crippen LogP contribution in [0, 0.1) is 11.8 Å². The number of aromatic nitrogens is 2. The van der Waals surface area contributed by atoms with Gasteiger partial charge in [0.05, 0.1) is 11.4 Å². The highest BCUT2D eigenvalue weighted by atomic mass is 15.3. The first-order chi connectivity index (χ1) is 9.74. The molecule has 0 bridgehead atoms. The third kappa shape index (κ3) is 2.72. The topological polar surface area (TPSA) is 29.9 Å². The molecule has 2 aromatic rings. The molecule has 1 aromatic carbocycles. The quantitative estimate of drug-likeness (QED) is 0.908. The second kappa shape index (κ2) is 5.70. The molecule has 1 fully saturated rings. The highest BCUT2D eigenvalue weighted by Gasteiger charge is 2.24. The van der Waals surface area contributed by atoms with Crippen molar-refractivity contribution in [1.82, 2.24) is 9.78 Å². The van der Waals surface area contributed by atoms with Crippen LogP contribution in [0.1, 0.15) is 33.1 Å². The van der Waals surface area contributed by atoms with Crippen molar-refractivity contribution in [3.8, 4) is 5.69 Å². The van der Waals surface area contributed by atoms with Crippen LogP contribution in [0.4, 0.5) is 5.69 Å². The van der Waals surface area contributed by atoms with Crippen LogP contribution in [0.25, 0.3) is 5.69 Å². The molecule has 20 heavy (non-hydrogen) atoms. The van der Waals surface area contributed by atoms with Gasteiger partial charge in [-0.3, -0.25) is 0 Å². The first kappa shape index (κ1) is 13.2. The lowest BCUT2D eigenvalue weighted by Gasteiger charge is -2.33. The zero-order valence-corrected chi connectivity index (χ0v) is 12.3. The maximum Gasteiger partial charge on any atom is 0.0876 e. The third-order valence-corrected chi connectivity index (χ3v) is 4.61. The molecule has 0 saturated heterocycles. The van der Waals surface area contributed by atoms with Gasteiger partial charge in [-0.05, 0) is 49.3 Å². The minimum Gasteiger partial charge on any atom is -0.381 e. The molecule has 3 rings (SSSR count). The summed E-state index contributed by atoms with van der Waals surface area (Å²) < 4.78 is 1.93. The van der Waals surface area contributed by atoms with Crippen LogP contribution >= 0.6 is 0 Å².